The van der Waals surface area contributed by atoms with Crippen LogP contribution in [0.5, 0.6) is 0 Å². The van der Waals surface area contributed by atoms with E-state index in [4.69, 9.17) is 0 Å². The van der Waals surface area contributed by atoms with Crippen LogP contribution in [0.1, 0.15) is 40.4 Å². The largest absolute Gasteiger partial charge is 0.314 e. The molecule has 1 aromatic heterocycles. The van der Waals surface area contributed by atoms with E-state index in [-0.39, 0.29) is 0 Å². The molecule has 0 aliphatic rings. The highest BCUT2D eigenvalue weighted by Crippen LogP contribution is 2.09. The zero-order valence-corrected chi connectivity index (χ0v) is 11.8. The zero-order chi connectivity index (χ0) is 12.8. The van der Waals surface area contributed by atoms with Gasteiger partial charge < -0.3 is 5.32 Å². The minimum Gasteiger partial charge on any atom is -0.314 e. The molecule has 0 amide bonds. The van der Waals surface area contributed by atoms with Crippen LogP contribution in [-0.4, -0.2) is 27.4 Å². The van der Waals surface area contributed by atoms with Crippen LogP contribution in [0.3, 0.4) is 0 Å². The van der Waals surface area contributed by atoms with Crippen LogP contribution in [0.15, 0.2) is 6.33 Å². The Balaban J connectivity index is 2.68. The first-order valence-electron chi connectivity index (χ1n) is 6.64. The maximum atomic E-state index is 4.39. The lowest BCUT2D eigenvalue weighted by atomic mass is 10.0. The molecule has 1 aromatic rings. The molecule has 1 heterocycles. The molecule has 0 saturated carbocycles. The van der Waals surface area contributed by atoms with E-state index in [1.54, 1.807) is 6.33 Å². The van der Waals surface area contributed by atoms with Crippen molar-refractivity contribution in [2.45, 2.75) is 53.6 Å². The summed E-state index contributed by atoms with van der Waals surface area (Å²) in [5.41, 5.74) is 0. The van der Waals surface area contributed by atoms with Crippen LogP contribution in [0, 0.1) is 11.8 Å². The second kappa shape index (κ2) is 6.74. The lowest BCUT2D eigenvalue weighted by Gasteiger charge is -2.21. The van der Waals surface area contributed by atoms with Gasteiger partial charge >= 0.3 is 0 Å². The van der Waals surface area contributed by atoms with Gasteiger partial charge in [0.15, 0.2) is 0 Å². The third-order valence-electron chi connectivity index (χ3n) is 2.91. The summed E-state index contributed by atoms with van der Waals surface area (Å²) in [7, 11) is 0. The predicted octanol–water partition coefficient (Wildman–Crippen LogP) is 2.11. The van der Waals surface area contributed by atoms with Gasteiger partial charge in [-0.1, -0.05) is 34.6 Å². The van der Waals surface area contributed by atoms with Gasteiger partial charge in [0.05, 0.1) is 0 Å². The topological polar surface area (TPSA) is 42.7 Å². The number of rotatable bonds is 7. The molecule has 1 N–H and O–H groups in total. The third kappa shape index (κ3) is 4.46. The highest BCUT2D eigenvalue weighted by molar-refractivity contribution is 4.91. The fourth-order valence-corrected chi connectivity index (χ4v) is 1.95. The van der Waals surface area contributed by atoms with Crippen LogP contribution in [0.25, 0.3) is 0 Å². The van der Waals surface area contributed by atoms with Crippen molar-refractivity contribution in [3.8, 4) is 0 Å². The van der Waals surface area contributed by atoms with Crippen molar-refractivity contribution in [2.75, 3.05) is 6.54 Å². The van der Waals surface area contributed by atoms with Crippen molar-refractivity contribution in [2.24, 2.45) is 11.8 Å². The lowest BCUT2D eigenvalue weighted by molar-refractivity contribution is 0.382. The number of nitrogens with one attached hydrogen (secondary N) is 1. The van der Waals surface area contributed by atoms with Gasteiger partial charge in [0.1, 0.15) is 12.2 Å². The average molecular weight is 238 g/mol. The fraction of sp³-hybridized carbons (Fsp3) is 0.846. The van der Waals surface area contributed by atoms with E-state index in [1.807, 2.05) is 4.68 Å². The summed E-state index contributed by atoms with van der Waals surface area (Å²) in [5, 5.41) is 7.83. The smallest absolute Gasteiger partial charge is 0.138 e. The molecule has 0 spiro atoms. The van der Waals surface area contributed by atoms with Crippen LogP contribution in [-0.2, 0) is 13.0 Å². The average Bonchev–Trinajstić information content (AvgIpc) is 2.64. The Morgan fingerprint density at radius 2 is 2.00 bits per heavy atom. The third-order valence-corrected chi connectivity index (χ3v) is 2.91. The molecular weight excluding hydrogens is 212 g/mol. The summed E-state index contributed by atoms with van der Waals surface area (Å²) in [6, 6.07) is 0.482. The summed E-state index contributed by atoms with van der Waals surface area (Å²) >= 11 is 0. The maximum Gasteiger partial charge on any atom is 0.138 e. The van der Waals surface area contributed by atoms with Crippen LogP contribution >= 0.6 is 0 Å². The zero-order valence-electron chi connectivity index (χ0n) is 11.8. The normalized spacial score (nSPS) is 13.6. The summed E-state index contributed by atoms with van der Waals surface area (Å²) in [5.74, 6) is 2.31. The van der Waals surface area contributed by atoms with Crippen molar-refractivity contribution >= 4 is 0 Å². The van der Waals surface area contributed by atoms with Gasteiger partial charge in [-0.25, -0.2) is 9.67 Å². The summed E-state index contributed by atoms with van der Waals surface area (Å²) < 4.78 is 2.04. The molecule has 1 atom stereocenters. The molecule has 0 aliphatic heterocycles. The second-order valence-electron chi connectivity index (χ2n) is 5.36. The monoisotopic (exact) mass is 238 g/mol. The molecule has 0 radical (unpaired) electrons. The molecule has 0 saturated heterocycles. The fourth-order valence-electron chi connectivity index (χ4n) is 1.95. The number of hydrogen-bond donors (Lipinski definition) is 1. The number of likely N-dealkylation sites (N-methyl/N-ethyl adjacent to an activating group) is 1. The molecule has 0 fully saturated rings. The SMILES string of the molecule is CCNC(Cc1ncnn1CC(C)C)C(C)C. The molecule has 0 bridgehead atoms. The van der Waals surface area contributed by atoms with Crippen LogP contribution < -0.4 is 5.32 Å². The van der Waals surface area contributed by atoms with Crippen molar-refractivity contribution in [3.05, 3.63) is 12.2 Å². The van der Waals surface area contributed by atoms with Crippen molar-refractivity contribution < 1.29 is 0 Å². The standard InChI is InChI=1S/C13H26N4/c1-6-14-12(11(4)5)7-13-15-9-16-17(13)8-10(2)3/h9-12,14H,6-8H2,1-5H3. The Kier molecular flexibility index (Phi) is 5.62. The van der Waals surface area contributed by atoms with E-state index in [0.717, 1.165) is 25.3 Å². The Morgan fingerprint density at radius 3 is 2.53 bits per heavy atom. The highest BCUT2D eigenvalue weighted by atomic mass is 15.3. The minimum atomic E-state index is 0.482. The van der Waals surface area contributed by atoms with Crippen LogP contribution in [0.2, 0.25) is 0 Å². The molecule has 0 aliphatic carbocycles. The summed E-state index contributed by atoms with van der Waals surface area (Å²) in [6.45, 7) is 13.0. The molecule has 4 heteroatoms. The Labute approximate surface area is 105 Å². The molecule has 0 aromatic carbocycles. The number of hydrogen-bond acceptors (Lipinski definition) is 3. The van der Waals surface area contributed by atoms with E-state index >= 15 is 0 Å². The Bertz CT molecular complexity index is 317. The van der Waals surface area contributed by atoms with Crippen molar-refractivity contribution in [1.29, 1.82) is 0 Å². The maximum absolute atomic E-state index is 4.39. The summed E-state index contributed by atoms with van der Waals surface area (Å²) in [4.78, 5) is 4.39. The predicted molar refractivity (Wildman–Crippen MR) is 70.9 cm³/mol. The molecule has 98 valence electrons. The second-order valence-corrected chi connectivity index (χ2v) is 5.36. The van der Waals surface area contributed by atoms with Gasteiger partial charge in [-0.05, 0) is 18.4 Å². The van der Waals surface area contributed by atoms with Gasteiger partial charge in [-0.15, -0.1) is 0 Å². The molecule has 1 rings (SSSR count). The van der Waals surface area contributed by atoms with Crippen molar-refractivity contribution in [3.63, 3.8) is 0 Å². The van der Waals surface area contributed by atoms with E-state index in [2.05, 4.69) is 50.0 Å². The van der Waals surface area contributed by atoms with Crippen molar-refractivity contribution in [1.82, 2.24) is 20.1 Å². The molecular formula is C13H26N4. The first-order chi connectivity index (χ1) is 8.04. The first-order valence-corrected chi connectivity index (χ1v) is 6.64. The lowest BCUT2D eigenvalue weighted by Crippen LogP contribution is -2.36. The van der Waals surface area contributed by atoms with Gasteiger partial charge in [0.25, 0.3) is 0 Å². The Morgan fingerprint density at radius 1 is 1.29 bits per heavy atom. The van der Waals surface area contributed by atoms with Gasteiger partial charge in [0.2, 0.25) is 0 Å². The van der Waals surface area contributed by atoms with Crippen LogP contribution in [0.4, 0.5) is 0 Å². The quantitative estimate of drug-likeness (QED) is 0.791. The molecule has 17 heavy (non-hydrogen) atoms. The summed E-state index contributed by atoms with van der Waals surface area (Å²) in [6.07, 6.45) is 2.62. The first kappa shape index (κ1) is 14.2. The van der Waals surface area contributed by atoms with E-state index < -0.39 is 0 Å². The van der Waals surface area contributed by atoms with E-state index in [1.165, 1.54) is 0 Å². The van der Waals surface area contributed by atoms with Gasteiger partial charge in [-0.3, -0.25) is 0 Å². The van der Waals surface area contributed by atoms with Gasteiger partial charge in [0, 0.05) is 19.0 Å². The van der Waals surface area contributed by atoms with E-state index in [9.17, 15) is 0 Å². The van der Waals surface area contributed by atoms with Gasteiger partial charge in [-0.2, -0.15) is 5.10 Å². The minimum absolute atomic E-state index is 0.482. The Hall–Kier alpha value is -0.900. The highest BCUT2D eigenvalue weighted by Gasteiger charge is 2.16. The molecule has 4 nitrogen and oxygen atoms in total. The van der Waals surface area contributed by atoms with E-state index in [0.29, 0.717) is 17.9 Å². The number of aromatic nitrogens is 3. The number of nitrogens with zero attached hydrogens (tertiary/aromatic N) is 3. The molecule has 1 unspecified atom stereocenters.